The Morgan fingerprint density at radius 1 is 1.00 bits per heavy atom. The zero-order chi connectivity index (χ0) is 29.0. The number of nitrogens with zero attached hydrogens (tertiary/aromatic N) is 1. The van der Waals surface area contributed by atoms with Crippen molar-refractivity contribution in [2.45, 2.75) is 71.0 Å². The summed E-state index contributed by atoms with van der Waals surface area (Å²) in [4.78, 5) is 17.4. The van der Waals surface area contributed by atoms with E-state index in [1.165, 1.54) is 17.4 Å². The van der Waals surface area contributed by atoms with Crippen LogP contribution in [0.1, 0.15) is 48.5 Å². The van der Waals surface area contributed by atoms with Crippen LogP contribution in [0, 0.1) is 0 Å². The Morgan fingerprint density at radius 3 is 2.23 bits per heavy atom. The average molecular weight is 590 g/mol. The van der Waals surface area contributed by atoms with Crippen LogP contribution >= 0.6 is 23.6 Å². The van der Waals surface area contributed by atoms with Gasteiger partial charge in [0.15, 0.2) is 5.11 Å². The number of aromatic nitrogens is 1. The van der Waals surface area contributed by atoms with Gasteiger partial charge in [0.1, 0.15) is 5.01 Å². The predicted molar refractivity (Wildman–Crippen MR) is 163 cm³/mol. The quantitative estimate of drug-likeness (QED) is 0.229. The van der Waals surface area contributed by atoms with E-state index in [9.17, 15) is 13.2 Å². The third-order valence-corrected chi connectivity index (χ3v) is 7.98. The number of amides is 1. The number of rotatable bonds is 8. The van der Waals surface area contributed by atoms with Gasteiger partial charge in [0.25, 0.3) is 0 Å². The molecule has 0 bridgehead atoms. The van der Waals surface area contributed by atoms with Crippen LogP contribution in [0.25, 0.3) is 21.0 Å². The second-order valence-corrected chi connectivity index (χ2v) is 13.6. The lowest BCUT2D eigenvalue weighted by Gasteiger charge is -2.22. The van der Waals surface area contributed by atoms with Gasteiger partial charge in [-0.05, 0) is 97.1 Å². The SMILES string of the molecule is CC(C)NC(=S)Nc1ccc(-c2ncc(-c3ccc(NC(=O)OC(C)C)cc3S(=O)(=O)NC(C)(C)C)s2)cc1. The Balaban J connectivity index is 1.94. The number of carbonyl (C=O) groups excluding carboxylic acids is 1. The molecule has 0 aliphatic rings. The monoisotopic (exact) mass is 589 g/mol. The molecule has 0 aliphatic heterocycles. The van der Waals surface area contributed by atoms with E-state index in [-0.39, 0.29) is 17.0 Å². The van der Waals surface area contributed by atoms with E-state index in [0.717, 1.165) is 16.3 Å². The third kappa shape index (κ3) is 8.99. The third-order valence-electron chi connectivity index (χ3n) is 4.88. The molecular formula is C27H35N5O4S3. The minimum Gasteiger partial charge on any atom is -0.447 e. The number of hydrogen-bond acceptors (Lipinski definition) is 7. The maximum absolute atomic E-state index is 13.4. The van der Waals surface area contributed by atoms with Gasteiger partial charge in [0.2, 0.25) is 10.0 Å². The molecule has 3 rings (SSSR count). The lowest BCUT2D eigenvalue weighted by molar-refractivity contribution is 0.130. The molecule has 1 amide bonds. The first-order valence-corrected chi connectivity index (χ1v) is 15.1. The standard InChI is InChI=1S/C27H35N5O4S3/c1-16(2)29-25(37)30-19-10-8-18(9-11-19)24-28-15-22(38-24)21-13-12-20(31-26(33)36-17(3)4)14-23(21)39(34,35)32-27(5,6)7/h8-17,32H,1-7H3,(H,31,33)(H2,29,30,37). The molecule has 3 aromatic rings. The summed E-state index contributed by atoms with van der Waals surface area (Å²) < 4.78 is 34.7. The largest absolute Gasteiger partial charge is 0.447 e. The lowest BCUT2D eigenvalue weighted by atomic mass is 10.1. The topological polar surface area (TPSA) is 121 Å². The number of sulfonamides is 1. The molecule has 1 aromatic heterocycles. The molecule has 39 heavy (non-hydrogen) atoms. The van der Waals surface area contributed by atoms with Gasteiger partial charge in [-0.15, -0.1) is 11.3 Å². The fourth-order valence-corrected chi connectivity index (χ4v) is 6.55. The number of benzene rings is 2. The van der Waals surface area contributed by atoms with Crippen LogP contribution in [0.4, 0.5) is 16.2 Å². The maximum atomic E-state index is 13.4. The van der Waals surface area contributed by atoms with Crippen LogP contribution < -0.4 is 20.7 Å². The van der Waals surface area contributed by atoms with Crippen molar-refractivity contribution < 1.29 is 17.9 Å². The number of carbonyl (C=O) groups is 1. The number of anilines is 2. The molecule has 9 nitrogen and oxygen atoms in total. The van der Waals surface area contributed by atoms with Gasteiger partial charge in [0, 0.05) is 40.3 Å². The van der Waals surface area contributed by atoms with Crippen LogP contribution in [0.15, 0.2) is 53.6 Å². The molecule has 2 aromatic carbocycles. The number of thiazole rings is 1. The summed E-state index contributed by atoms with van der Waals surface area (Å²) in [5.41, 5.74) is 1.79. The van der Waals surface area contributed by atoms with Gasteiger partial charge in [-0.1, -0.05) is 6.07 Å². The van der Waals surface area contributed by atoms with Crippen molar-refractivity contribution >= 4 is 56.2 Å². The van der Waals surface area contributed by atoms with Crippen LogP contribution in [-0.2, 0) is 14.8 Å². The maximum Gasteiger partial charge on any atom is 0.411 e. The average Bonchev–Trinajstić information content (AvgIpc) is 3.27. The minimum absolute atomic E-state index is 0.0284. The summed E-state index contributed by atoms with van der Waals surface area (Å²) in [6.07, 6.45) is 0.673. The van der Waals surface area contributed by atoms with E-state index in [1.54, 1.807) is 52.9 Å². The van der Waals surface area contributed by atoms with Gasteiger partial charge < -0.3 is 15.4 Å². The van der Waals surface area contributed by atoms with E-state index in [2.05, 4.69) is 25.7 Å². The Morgan fingerprint density at radius 2 is 1.64 bits per heavy atom. The Bertz CT molecular complexity index is 1430. The second kappa shape index (κ2) is 12.4. The molecule has 0 atom stereocenters. The van der Waals surface area contributed by atoms with Gasteiger partial charge in [0.05, 0.1) is 15.9 Å². The number of hydrogen-bond donors (Lipinski definition) is 4. The van der Waals surface area contributed by atoms with E-state index < -0.39 is 21.7 Å². The van der Waals surface area contributed by atoms with Gasteiger partial charge in [-0.25, -0.2) is 22.9 Å². The van der Waals surface area contributed by atoms with Crippen molar-refractivity contribution in [1.29, 1.82) is 0 Å². The van der Waals surface area contributed by atoms with Gasteiger partial charge >= 0.3 is 6.09 Å². The van der Waals surface area contributed by atoms with Crippen LogP contribution in [-0.4, -0.2) is 42.3 Å². The van der Waals surface area contributed by atoms with Crippen molar-refractivity contribution in [1.82, 2.24) is 15.0 Å². The van der Waals surface area contributed by atoms with Crippen molar-refractivity contribution in [2.24, 2.45) is 0 Å². The van der Waals surface area contributed by atoms with Crippen molar-refractivity contribution in [3.05, 3.63) is 48.7 Å². The first kappa shape index (κ1) is 30.5. The fourth-order valence-electron chi connectivity index (χ4n) is 3.50. The molecule has 0 spiro atoms. The van der Waals surface area contributed by atoms with Crippen LogP contribution in [0.3, 0.4) is 0 Å². The van der Waals surface area contributed by atoms with E-state index >= 15 is 0 Å². The van der Waals surface area contributed by atoms with Crippen molar-refractivity contribution in [2.75, 3.05) is 10.6 Å². The van der Waals surface area contributed by atoms with Gasteiger partial charge in [-0.3, -0.25) is 5.32 Å². The highest BCUT2D eigenvalue weighted by molar-refractivity contribution is 7.89. The Hall–Kier alpha value is -3.06. The van der Waals surface area contributed by atoms with E-state index in [0.29, 0.717) is 21.2 Å². The summed E-state index contributed by atoms with van der Waals surface area (Å²) >= 11 is 6.67. The highest BCUT2D eigenvalue weighted by atomic mass is 32.2. The molecule has 1 heterocycles. The molecule has 0 fully saturated rings. The smallest absolute Gasteiger partial charge is 0.411 e. The Labute approximate surface area is 239 Å². The number of ether oxygens (including phenoxy) is 1. The first-order chi connectivity index (χ1) is 18.1. The molecule has 0 aliphatic carbocycles. The first-order valence-electron chi connectivity index (χ1n) is 12.4. The summed E-state index contributed by atoms with van der Waals surface area (Å²) in [6.45, 7) is 12.8. The molecule has 0 radical (unpaired) electrons. The molecule has 0 saturated carbocycles. The van der Waals surface area contributed by atoms with Gasteiger partial charge in [-0.2, -0.15) is 0 Å². The molecule has 0 saturated heterocycles. The summed E-state index contributed by atoms with van der Waals surface area (Å²) in [5.74, 6) is 0. The minimum atomic E-state index is -3.95. The van der Waals surface area contributed by atoms with E-state index in [1.807, 2.05) is 38.1 Å². The molecule has 210 valence electrons. The summed E-state index contributed by atoms with van der Waals surface area (Å²) in [6, 6.07) is 12.6. The van der Waals surface area contributed by atoms with Crippen LogP contribution in [0.2, 0.25) is 0 Å². The summed E-state index contributed by atoms with van der Waals surface area (Å²) in [5, 5.41) is 10.2. The zero-order valence-corrected chi connectivity index (χ0v) is 25.5. The number of nitrogens with one attached hydrogen (secondary N) is 4. The fraction of sp³-hybridized carbons (Fsp3) is 0.370. The molecule has 0 unspecified atom stereocenters. The highest BCUT2D eigenvalue weighted by Gasteiger charge is 2.27. The highest BCUT2D eigenvalue weighted by Crippen LogP contribution is 2.37. The van der Waals surface area contributed by atoms with Crippen molar-refractivity contribution in [3.8, 4) is 21.0 Å². The summed E-state index contributed by atoms with van der Waals surface area (Å²) in [7, 11) is -3.95. The Kier molecular flexibility index (Phi) is 9.70. The number of thiocarbonyl (C=S) groups is 1. The zero-order valence-electron chi connectivity index (χ0n) is 23.1. The molecular weight excluding hydrogens is 555 g/mol. The predicted octanol–water partition coefficient (Wildman–Crippen LogP) is 6.21. The normalized spacial score (nSPS) is 11.9. The van der Waals surface area contributed by atoms with Crippen molar-refractivity contribution in [3.63, 3.8) is 0 Å². The molecule has 12 heteroatoms. The van der Waals surface area contributed by atoms with Crippen LogP contribution in [0.5, 0.6) is 0 Å². The second-order valence-electron chi connectivity index (χ2n) is 10.5. The lowest BCUT2D eigenvalue weighted by Crippen LogP contribution is -2.40. The van der Waals surface area contributed by atoms with E-state index in [4.69, 9.17) is 17.0 Å². The molecule has 4 N–H and O–H groups in total.